The highest BCUT2D eigenvalue weighted by Gasteiger charge is 2.52. The van der Waals surface area contributed by atoms with Crippen molar-refractivity contribution in [3.05, 3.63) is 58.7 Å². The third kappa shape index (κ3) is 6.15. The predicted molar refractivity (Wildman–Crippen MR) is 149 cm³/mol. The molecule has 3 aliphatic rings. The van der Waals surface area contributed by atoms with Crippen molar-refractivity contribution in [1.29, 1.82) is 0 Å². The molecule has 39 heavy (non-hydrogen) atoms. The molecule has 0 bridgehead atoms. The molecule has 7 nitrogen and oxygen atoms in total. The maximum atomic E-state index is 14.5. The van der Waals surface area contributed by atoms with Crippen LogP contribution in [0.3, 0.4) is 0 Å². The average Bonchev–Trinajstić information content (AvgIpc) is 3.13. The third-order valence-corrected chi connectivity index (χ3v) is 8.43. The second kappa shape index (κ2) is 11.1. The molecule has 1 aromatic rings. The number of aliphatic imine (C=N–C) groups is 1. The van der Waals surface area contributed by atoms with Crippen molar-refractivity contribution in [2.24, 2.45) is 16.3 Å². The molecule has 2 unspecified atom stereocenters. The summed E-state index contributed by atoms with van der Waals surface area (Å²) in [5.74, 6) is -0.953. The molecule has 0 radical (unpaired) electrons. The number of carbonyl (C=O) groups excluding carboxylic acids is 2. The molecule has 1 aliphatic heterocycles. The Labute approximate surface area is 230 Å². The van der Waals surface area contributed by atoms with Gasteiger partial charge in [0, 0.05) is 18.5 Å². The number of hydrogen-bond acceptors (Lipinski definition) is 4. The number of nitrogens with one attached hydrogen (secondary N) is 1. The lowest BCUT2D eigenvalue weighted by Crippen LogP contribution is -2.51. The van der Waals surface area contributed by atoms with Gasteiger partial charge in [0.05, 0.1) is 12.5 Å². The first-order valence-electron chi connectivity index (χ1n) is 13.9. The molecule has 2 N–H and O–H groups in total. The van der Waals surface area contributed by atoms with Gasteiger partial charge in [-0.05, 0) is 80.2 Å². The van der Waals surface area contributed by atoms with Crippen LogP contribution in [0.4, 0.5) is 4.39 Å². The molecular weight excluding hydrogens is 497 g/mol. The number of carboxylic acids is 1. The maximum Gasteiger partial charge on any atom is 0.305 e. The SMILES string of the molecule is CC1=CC(F)CC(C2=NC3(CCC(C(C)(C)C)CC3)N(C(C)c3ccc(C(=O)NCCC(=O)O)cc3)C2=O)=C1. The van der Waals surface area contributed by atoms with E-state index in [1.807, 2.05) is 37.0 Å². The molecule has 1 aromatic carbocycles. The minimum Gasteiger partial charge on any atom is -0.481 e. The summed E-state index contributed by atoms with van der Waals surface area (Å²) in [6.45, 7) is 10.6. The summed E-state index contributed by atoms with van der Waals surface area (Å²) in [5, 5.41) is 11.4. The Morgan fingerprint density at radius 3 is 2.41 bits per heavy atom. The number of allylic oxidation sites excluding steroid dienone is 3. The Morgan fingerprint density at radius 2 is 1.85 bits per heavy atom. The van der Waals surface area contributed by atoms with Crippen LogP contribution in [0.2, 0.25) is 0 Å². The zero-order valence-corrected chi connectivity index (χ0v) is 23.6. The molecule has 0 saturated heterocycles. The Balaban J connectivity index is 1.61. The standard InChI is InChI=1S/C31H40FN3O4/c1-19-16-23(18-25(32)17-19)27-29(39)35(31(34-27)13-10-24(11-14-31)30(3,4)5)20(2)21-6-8-22(9-7-21)28(38)33-15-12-26(36)37/h6-9,16-17,20,24-25H,10-15,18H2,1-5H3,(H,33,38)(H,36,37). The van der Waals surface area contributed by atoms with Gasteiger partial charge in [0.2, 0.25) is 0 Å². The fraction of sp³-hybridized carbons (Fsp3) is 0.548. The molecule has 8 heteroatoms. The highest BCUT2D eigenvalue weighted by molar-refractivity contribution is 6.47. The first-order chi connectivity index (χ1) is 18.3. The number of amides is 2. The number of carboxylic acid groups (broad SMARTS) is 1. The summed E-state index contributed by atoms with van der Waals surface area (Å²) in [6.07, 6.45) is 5.74. The van der Waals surface area contributed by atoms with Crippen molar-refractivity contribution in [3.63, 3.8) is 0 Å². The number of carbonyl (C=O) groups is 3. The molecule has 1 saturated carbocycles. The Morgan fingerprint density at radius 1 is 1.21 bits per heavy atom. The summed E-state index contributed by atoms with van der Waals surface area (Å²) < 4.78 is 14.5. The largest absolute Gasteiger partial charge is 0.481 e. The van der Waals surface area contributed by atoms with E-state index >= 15 is 0 Å². The van der Waals surface area contributed by atoms with Gasteiger partial charge >= 0.3 is 5.97 Å². The van der Waals surface area contributed by atoms with E-state index in [9.17, 15) is 18.8 Å². The van der Waals surface area contributed by atoms with E-state index in [2.05, 4.69) is 26.1 Å². The van der Waals surface area contributed by atoms with Gasteiger partial charge in [-0.2, -0.15) is 0 Å². The summed E-state index contributed by atoms with van der Waals surface area (Å²) in [7, 11) is 0. The number of halogens is 1. The van der Waals surface area contributed by atoms with Gasteiger partial charge in [0.25, 0.3) is 11.8 Å². The number of rotatable bonds is 7. The Hall–Kier alpha value is -3.29. The van der Waals surface area contributed by atoms with E-state index < -0.39 is 17.8 Å². The fourth-order valence-corrected chi connectivity index (χ4v) is 6.21. The number of hydrogen-bond donors (Lipinski definition) is 2. The summed E-state index contributed by atoms with van der Waals surface area (Å²) >= 11 is 0. The summed E-state index contributed by atoms with van der Waals surface area (Å²) in [4.78, 5) is 44.2. The molecule has 4 rings (SSSR count). The van der Waals surface area contributed by atoms with Crippen LogP contribution in [0.1, 0.15) is 95.1 Å². The second-order valence-electron chi connectivity index (χ2n) is 12.3. The van der Waals surface area contributed by atoms with Gasteiger partial charge < -0.3 is 15.3 Å². The van der Waals surface area contributed by atoms with Crippen molar-refractivity contribution in [2.75, 3.05) is 6.54 Å². The molecule has 2 aliphatic carbocycles. The molecule has 2 atom stereocenters. The monoisotopic (exact) mass is 537 g/mol. The van der Waals surface area contributed by atoms with Crippen molar-refractivity contribution >= 4 is 23.5 Å². The quantitative estimate of drug-likeness (QED) is 0.460. The lowest BCUT2D eigenvalue weighted by Gasteiger charge is -2.46. The van der Waals surface area contributed by atoms with Crippen LogP contribution in [-0.4, -0.2) is 51.9 Å². The Kier molecular flexibility index (Phi) is 8.14. The van der Waals surface area contributed by atoms with Gasteiger partial charge in [-0.25, -0.2) is 4.39 Å². The van der Waals surface area contributed by atoms with Crippen LogP contribution in [0.15, 0.2) is 52.6 Å². The normalized spacial score (nSPS) is 26.2. The average molecular weight is 538 g/mol. The zero-order chi connectivity index (χ0) is 28.5. The molecule has 2 amide bonds. The lowest BCUT2D eigenvalue weighted by atomic mass is 9.69. The summed E-state index contributed by atoms with van der Waals surface area (Å²) in [6, 6.07) is 6.75. The van der Waals surface area contributed by atoms with Crippen molar-refractivity contribution in [2.45, 2.75) is 91.0 Å². The first kappa shape index (κ1) is 28.7. The van der Waals surface area contributed by atoms with E-state index in [-0.39, 0.29) is 42.7 Å². The molecule has 1 spiro atoms. The minimum atomic E-state index is -1.13. The van der Waals surface area contributed by atoms with E-state index in [0.717, 1.165) is 36.8 Å². The fourth-order valence-electron chi connectivity index (χ4n) is 6.21. The predicted octanol–water partition coefficient (Wildman–Crippen LogP) is 5.78. The van der Waals surface area contributed by atoms with Crippen LogP contribution in [0.5, 0.6) is 0 Å². The van der Waals surface area contributed by atoms with Crippen LogP contribution >= 0.6 is 0 Å². The van der Waals surface area contributed by atoms with E-state index in [1.165, 1.54) is 0 Å². The van der Waals surface area contributed by atoms with Crippen molar-refractivity contribution < 1.29 is 23.9 Å². The number of benzene rings is 1. The highest BCUT2D eigenvalue weighted by atomic mass is 19.1. The van der Waals surface area contributed by atoms with E-state index in [0.29, 0.717) is 22.8 Å². The molecule has 1 heterocycles. The third-order valence-electron chi connectivity index (χ3n) is 8.43. The number of aliphatic carboxylic acids is 1. The Bertz CT molecular complexity index is 1220. The lowest BCUT2D eigenvalue weighted by molar-refractivity contribution is -0.137. The topological polar surface area (TPSA) is 99.1 Å². The number of alkyl halides is 1. The highest BCUT2D eigenvalue weighted by Crippen LogP contribution is 2.49. The smallest absolute Gasteiger partial charge is 0.305 e. The molecule has 1 fully saturated rings. The second-order valence-corrected chi connectivity index (χ2v) is 12.3. The van der Waals surface area contributed by atoms with Gasteiger partial charge in [0.15, 0.2) is 0 Å². The van der Waals surface area contributed by atoms with Crippen LogP contribution in [0.25, 0.3) is 0 Å². The summed E-state index contributed by atoms with van der Waals surface area (Å²) in [5.41, 5.74) is 2.62. The molecular formula is C31H40FN3O4. The van der Waals surface area contributed by atoms with Crippen LogP contribution in [-0.2, 0) is 9.59 Å². The van der Waals surface area contributed by atoms with Crippen molar-refractivity contribution in [1.82, 2.24) is 10.2 Å². The van der Waals surface area contributed by atoms with Crippen molar-refractivity contribution in [3.8, 4) is 0 Å². The zero-order valence-electron chi connectivity index (χ0n) is 23.6. The van der Waals surface area contributed by atoms with E-state index in [1.54, 1.807) is 18.2 Å². The van der Waals surface area contributed by atoms with Crippen LogP contribution < -0.4 is 5.32 Å². The van der Waals surface area contributed by atoms with Gasteiger partial charge in [-0.15, -0.1) is 0 Å². The van der Waals surface area contributed by atoms with Crippen LogP contribution in [0, 0.1) is 11.3 Å². The van der Waals surface area contributed by atoms with Gasteiger partial charge in [-0.1, -0.05) is 44.6 Å². The number of nitrogens with zero attached hydrogens (tertiary/aromatic N) is 2. The first-order valence-corrected chi connectivity index (χ1v) is 13.9. The molecule has 0 aromatic heterocycles. The van der Waals surface area contributed by atoms with Gasteiger partial charge in [0.1, 0.15) is 17.5 Å². The minimum absolute atomic E-state index is 0.0526. The van der Waals surface area contributed by atoms with Gasteiger partial charge in [-0.3, -0.25) is 19.4 Å². The van der Waals surface area contributed by atoms with E-state index in [4.69, 9.17) is 10.1 Å². The molecule has 210 valence electrons. The maximum absolute atomic E-state index is 14.5.